The molecule has 2 atom stereocenters. The number of likely N-dealkylation sites (tertiary alicyclic amines) is 1. The molecule has 0 aliphatic carbocycles. The number of fused-ring (bicyclic) bond motifs is 5. The summed E-state index contributed by atoms with van der Waals surface area (Å²) in [5, 5.41) is 14.4. The Bertz CT molecular complexity index is 1240. The zero-order valence-corrected chi connectivity index (χ0v) is 16.7. The van der Waals surface area contributed by atoms with Crippen molar-refractivity contribution in [1.82, 2.24) is 19.0 Å². The fraction of sp³-hybridized carbons (Fsp3) is 0.250. The number of aromatic hydroxyl groups is 1. The zero-order valence-electron chi connectivity index (χ0n) is 15.9. The molecule has 1 aromatic carbocycles. The summed E-state index contributed by atoms with van der Waals surface area (Å²) >= 11 is 5.51. The summed E-state index contributed by atoms with van der Waals surface area (Å²) in [7, 11) is 0. The van der Waals surface area contributed by atoms with Gasteiger partial charge in [0.1, 0.15) is 5.69 Å². The molecule has 1 unspecified atom stereocenters. The lowest BCUT2D eigenvalue weighted by molar-refractivity contribution is -0.137. The Morgan fingerprint density at radius 1 is 1.26 bits per heavy atom. The quantitative estimate of drug-likeness (QED) is 0.586. The van der Waals surface area contributed by atoms with Crippen molar-refractivity contribution in [3.8, 4) is 11.6 Å². The number of pyridine rings is 1. The minimum Gasteiger partial charge on any atom is -0.493 e. The summed E-state index contributed by atoms with van der Waals surface area (Å²) in [5.74, 6) is -0.370. The van der Waals surface area contributed by atoms with Crippen LogP contribution >= 0.6 is 12.2 Å². The SMILES string of the molecule is O=c1n(-c2cccc(C(F)(F)F)c2)c(O)c2n1C1C[C@H]2N(C(=S)Nc2cccnc2)C1. The van der Waals surface area contributed by atoms with Gasteiger partial charge in [-0.15, -0.1) is 0 Å². The number of aromatic nitrogens is 3. The van der Waals surface area contributed by atoms with E-state index in [1.165, 1.54) is 16.7 Å². The second-order valence-electron chi connectivity index (χ2n) is 7.47. The molecule has 7 nitrogen and oxygen atoms in total. The molecular formula is C20H16F3N5O2S. The van der Waals surface area contributed by atoms with Crippen LogP contribution in [0.25, 0.3) is 5.69 Å². The van der Waals surface area contributed by atoms with E-state index in [0.29, 0.717) is 29.5 Å². The normalized spacial score (nSPS) is 19.5. The first kappa shape index (κ1) is 19.6. The van der Waals surface area contributed by atoms with Gasteiger partial charge in [0.25, 0.3) is 0 Å². The van der Waals surface area contributed by atoms with Crippen LogP contribution in [0.3, 0.4) is 0 Å². The van der Waals surface area contributed by atoms with E-state index >= 15 is 0 Å². The highest BCUT2D eigenvalue weighted by Crippen LogP contribution is 2.48. The maximum Gasteiger partial charge on any atom is 0.416 e. The molecule has 2 N–H and O–H groups in total. The number of imidazole rings is 1. The van der Waals surface area contributed by atoms with Crippen LogP contribution in [0.1, 0.15) is 29.8 Å². The molecule has 31 heavy (non-hydrogen) atoms. The fourth-order valence-electron chi connectivity index (χ4n) is 4.36. The molecule has 0 amide bonds. The van der Waals surface area contributed by atoms with Crippen molar-refractivity contribution in [1.29, 1.82) is 0 Å². The van der Waals surface area contributed by atoms with Crippen LogP contribution < -0.4 is 11.0 Å². The lowest BCUT2D eigenvalue weighted by Gasteiger charge is -2.30. The van der Waals surface area contributed by atoms with Crippen molar-refractivity contribution in [3.63, 3.8) is 0 Å². The van der Waals surface area contributed by atoms with Gasteiger partial charge in [-0.3, -0.25) is 9.55 Å². The number of anilines is 1. The maximum atomic E-state index is 13.1. The van der Waals surface area contributed by atoms with Crippen molar-refractivity contribution in [3.05, 3.63) is 70.5 Å². The third kappa shape index (κ3) is 3.07. The number of nitrogens with zero attached hydrogens (tertiary/aromatic N) is 4. The lowest BCUT2D eigenvalue weighted by Crippen LogP contribution is -2.39. The van der Waals surface area contributed by atoms with E-state index in [4.69, 9.17) is 12.2 Å². The van der Waals surface area contributed by atoms with Crippen molar-refractivity contribution in [2.75, 3.05) is 11.9 Å². The average molecular weight is 447 g/mol. The first-order chi connectivity index (χ1) is 14.8. The van der Waals surface area contributed by atoms with Gasteiger partial charge < -0.3 is 15.3 Å². The highest BCUT2D eigenvalue weighted by molar-refractivity contribution is 7.80. The predicted molar refractivity (Wildman–Crippen MR) is 110 cm³/mol. The first-order valence-corrected chi connectivity index (χ1v) is 9.88. The third-order valence-electron chi connectivity index (χ3n) is 5.66. The number of benzene rings is 1. The average Bonchev–Trinajstić information content (AvgIpc) is 3.40. The molecule has 5 rings (SSSR count). The third-order valence-corrected chi connectivity index (χ3v) is 6.00. The van der Waals surface area contributed by atoms with E-state index in [2.05, 4.69) is 10.3 Å². The molecule has 2 aliphatic heterocycles. The Kier molecular flexibility index (Phi) is 4.33. The van der Waals surface area contributed by atoms with Crippen molar-refractivity contribution >= 4 is 23.0 Å². The van der Waals surface area contributed by atoms with Gasteiger partial charge in [-0.25, -0.2) is 9.36 Å². The Balaban J connectivity index is 1.50. The molecular weight excluding hydrogens is 431 g/mol. The number of rotatable bonds is 2. The second-order valence-corrected chi connectivity index (χ2v) is 7.86. The molecule has 0 saturated carbocycles. The summed E-state index contributed by atoms with van der Waals surface area (Å²) in [5.41, 5.74) is -0.437. The molecule has 4 heterocycles. The second kappa shape index (κ2) is 6.84. The monoisotopic (exact) mass is 447 g/mol. The van der Waals surface area contributed by atoms with E-state index in [1.54, 1.807) is 18.5 Å². The van der Waals surface area contributed by atoms with Gasteiger partial charge in [-0.1, -0.05) is 6.07 Å². The van der Waals surface area contributed by atoms with Gasteiger partial charge in [0.15, 0.2) is 5.11 Å². The lowest BCUT2D eigenvalue weighted by atomic mass is 10.2. The zero-order chi connectivity index (χ0) is 21.9. The van der Waals surface area contributed by atoms with Gasteiger partial charge in [-0.05, 0) is 49.0 Å². The number of hydrogen-bond acceptors (Lipinski definition) is 4. The summed E-state index contributed by atoms with van der Waals surface area (Å²) in [6, 6.07) is 7.32. The number of thiocarbonyl (C=S) groups is 1. The summed E-state index contributed by atoms with van der Waals surface area (Å²) in [4.78, 5) is 18.9. The summed E-state index contributed by atoms with van der Waals surface area (Å²) < 4.78 is 41.7. The van der Waals surface area contributed by atoms with Gasteiger partial charge in [0.2, 0.25) is 5.88 Å². The molecule has 0 radical (unpaired) electrons. The number of hydrogen-bond donors (Lipinski definition) is 2. The van der Waals surface area contributed by atoms with Gasteiger partial charge in [0, 0.05) is 12.7 Å². The highest BCUT2D eigenvalue weighted by Gasteiger charge is 2.48. The highest BCUT2D eigenvalue weighted by atomic mass is 32.1. The molecule has 1 saturated heterocycles. The molecule has 2 aromatic heterocycles. The van der Waals surface area contributed by atoms with Crippen molar-refractivity contribution < 1.29 is 18.3 Å². The molecule has 2 bridgehead atoms. The summed E-state index contributed by atoms with van der Waals surface area (Å²) in [6.45, 7) is 0.454. The van der Waals surface area contributed by atoms with Crippen molar-refractivity contribution in [2.24, 2.45) is 0 Å². The molecule has 1 fully saturated rings. The van der Waals surface area contributed by atoms with Crippen LogP contribution in [0.15, 0.2) is 53.6 Å². The number of halogens is 3. The topological polar surface area (TPSA) is 75.3 Å². The Morgan fingerprint density at radius 2 is 2.06 bits per heavy atom. The molecule has 0 spiro atoms. The molecule has 11 heteroatoms. The minimum absolute atomic E-state index is 0.0405. The van der Waals surface area contributed by atoms with Crippen molar-refractivity contribution in [2.45, 2.75) is 24.7 Å². The van der Waals surface area contributed by atoms with E-state index in [-0.39, 0.29) is 23.7 Å². The predicted octanol–water partition coefficient (Wildman–Crippen LogP) is 3.46. The van der Waals surface area contributed by atoms with E-state index in [9.17, 15) is 23.1 Å². The van der Waals surface area contributed by atoms with Gasteiger partial charge in [-0.2, -0.15) is 13.2 Å². The van der Waals surface area contributed by atoms with E-state index in [1.807, 2.05) is 11.0 Å². The smallest absolute Gasteiger partial charge is 0.416 e. The molecule has 2 aliphatic rings. The van der Waals surface area contributed by atoms with Crippen LogP contribution in [-0.4, -0.2) is 35.8 Å². The first-order valence-electron chi connectivity index (χ1n) is 9.47. The van der Waals surface area contributed by atoms with E-state index in [0.717, 1.165) is 16.7 Å². The Labute approximate surface area is 179 Å². The van der Waals surface area contributed by atoms with Gasteiger partial charge in [0.05, 0.1) is 35.2 Å². The minimum atomic E-state index is -4.56. The number of nitrogens with one attached hydrogen (secondary N) is 1. The summed E-state index contributed by atoms with van der Waals surface area (Å²) in [6.07, 6.45) is -0.717. The van der Waals surface area contributed by atoms with Gasteiger partial charge >= 0.3 is 11.9 Å². The molecule has 3 aromatic rings. The molecule has 160 valence electrons. The standard InChI is InChI=1S/C20H16F3N5O2S/c21-20(22,23)11-3-1-5-13(7-11)28-17(29)16-15-8-14(27(16)19(28)30)10-26(15)18(31)25-12-4-2-6-24-9-12/h1-7,9,14-15,29H,8,10H2,(H,25,31)/t14?,15-/m1/s1. The van der Waals surface area contributed by atoms with Crippen LogP contribution in [0.2, 0.25) is 0 Å². The van der Waals surface area contributed by atoms with Crippen LogP contribution in [0.4, 0.5) is 18.9 Å². The largest absolute Gasteiger partial charge is 0.493 e. The Hall–Kier alpha value is -3.34. The van der Waals surface area contributed by atoms with E-state index < -0.39 is 17.4 Å². The van der Waals surface area contributed by atoms with Crippen LogP contribution in [0.5, 0.6) is 5.88 Å². The van der Waals surface area contributed by atoms with Crippen LogP contribution in [0, 0.1) is 0 Å². The Morgan fingerprint density at radius 3 is 2.77 bits per heavy atom. The van der Waals surface area contributed by atoms with Crippen LogP contribution in [-0.2, 0) is 6.18 Å². The number of alkyl halides is 3. The maximum absolute atomic E-state index is 13.1. The fourth-order valence-corrected chi connectivity index (χ4v) is 4.68.